The monoisotopic (exact) mass is 277 g/mol. The Balaban J connectivity index is 2.35. The number of allylic oxidation sites excluding steroid dienone is 1. The minimum atomic E-state index is -0.407. The summed E-state index contributed by atoms with van der Waals surface area (Å²) in [5.41, 5.74) is 0.631. The van der Waals surface area contributed by atoms with Gasteiger partial charge in [-0.2, -0.15) is 5.10 Å². The first-order chi connectivity index (χ1) is 9.58. The standard InChI is InChI=1S/C12H15N5O3/c1-4-8(12(19)20-3)5-6-17-11(18)9-7-13-16(2)10(9)14-15-17/h5,7H,4,6H2,1-3H3. The van der Waals surface area contributed by atoms with E-state index in [1.807, 2.05) is 6.92 Å². The van der Waals surface area contributed by atoms with E-state index < -0.39 is 5.97 Å². The number of ether oxygens (including phenoxy) is 1. The molecule has 2 aromatic heterocycles. The molecule has 0 radical (unpaired) electrons. The first-order valence-corrected chi connectivity index (χ1v) is 6.11. The minimum Gasteiger partial charge on any atom is -0.466 e. The predicted octanol–water partition coefficient (Wildman–Crippen LogP) is 0.0344. The van der Waals surface area contributed by atoms with Crippen LogP contribution in [0.4, 0.5) is 0 Å². The molecule has 0 amide bonds. The summed E-state index contributed by atoms with van der Waals surface area (Å²) in [4.78, 5) is 23.6. The molecule has 8 heteroatoms. The quantitative estimate of drug-likeness (QED) is 0.578. The molecule has 2 rings (SSSR count). The van der Waals surface area contributed by atoms with E-state index in [0.717, 1.165) is 0 Å². The van der Waals surface area contributed by atoms with E-state index in [1.54, 1.807) is 13.1 Å². The lowest BCUT2D eigenvalue weighted by molar-refractivity contribution is -0.136. The molecular formula is C12H15N5O3. The number of carbonyl (C=O) groups excluding carboxylic acids is 1. The van der Waals surface area contributed by atoms with Gasteiger partial charge in [-0.3, -0.25) is 4.79 Å². The van der Waals surface area contributed by atoms with Crippen LogP contribution >= 0.6 is 0 Å². The van der Waals surface area contributed by atoms with Crippen LogP contribution in [0.1, 0.15) is 13.3 Å². The first kappa shape index (κ1) is 13.9. The minimum absolute atomic E-state index is 0.162. The zero-order valence-electron chi connectivity index (χ0n) is 11.5. The average Bonchev–Trinajstić information content (AvgIpc) is 2.83. The van der Waals surface area contributed by atoms with Crippen LogP contribution in [0.5, 0.6) is 0 Å². The summed E-state index contributed by atoms with van der Waals surface area (Å²) in [6.07, 6.45) is 3.59. The van der Waals surface area contributed by atoms with Crippen LogP contribution in [0.3, 0.4) is 0 Å². The Morgan fingerprint density at radius 3 is 2.90 bits per heavy atom. The highest BCUT2D eigenvalue weighted by molar-refractivity contribution is 5.88. The van der Waals surface area contributed by atoms with Gasteiger partial charge in [0.2, 0.25) is 0 Å². The SMILES string of the molecule is CCC(=CCn1nnc2c(cnn2C)c1=O)C(=O)OC. The van der Waals surface area contributed by atoms with Gasteiger partial charge in [0.15, 0.2) is 5.65 Å². The second-order valence-electron chi connectivity index (χ2n) is 4.16. The third-order valence-electron chi connectivity index (χ3n) is 2.96. The van der Waals surface area contributed by atoms with Gasteiger partial charge in [0.1, 0.15) is 5.39 Å². The van der Waals surface area contributed by atoms with Crippen molar-refractivity contribution in [3.63, 3.8) is 0 Å². The average molecular weight is 277 g/mol. The molecule has 0 spiro atoms. The van der Waals surface area contributed by atoms with Gasteiger partial charge >= 0.3 is 5.97 Å². The van der Waals surface area contributed by atoms with Gasteiger partial charge in [-0.05, 0) is 6.42 Å². The molecule has 0 aromatic carbocycles. The van der Waals surface area contributed by atoms with Crippen molar-refractivity contribution in [2.45, 2.75) is 19.9 Å². The van der Waals surface area contributed by atoms with E-state index in [9.17, 15) is 9.59 Å². The van der Waals surface area contributed by atoms with E-state index >= 15 is 0 Å². The molecule has 106 valence electrons. The molecule has 0 unspecified atom stereocenters. The lowest BCUT2D eigenvalue weighted by atomic mass is 10.2. The summed E-state index contributed by atoms with van der Waals surface area (Å²) in [6.45, 7) is 2.00. The highest BCUT2D eigenvalue weighted by atomic mass is 16.5. The molecule has 0 saturated heterocycles. The summed E-state index contributed by atoms with van der Waals surface area (Å²) >= 11 is 0. The molecule has 0 aliphatic rings. The summed E-state index contributed by atoms with van der Waals surface area (Å²) in [7, 11) is 3.01. The smallest absolute Gasteiger partial charge is 0.333 e. The predicted molar refractivity (Wildman–Crippen MR) is 71.0 cm³/mol. The molecule has 0 atom stereocenters. The number of esters is 1. The second kappa shape index (κ2) is 5.64. The highest BCUT2D eigenvalue weighted by Gasteiger charge is 2.10. The van der Waals surface area contributed by atoms with Crippen LogP contribution in [-0.4, -0.2) is 37.9 Å². The molecule has 0 aliphatic carbocycles. The van der Waals surface area contributed by atoms with Gasteiger partial charge in [0.25, 0.3) is 5.56 Å². The maximum Gasteiger partial charge on any atom is 0.333 e. The van der Waals surface area contributed by atoms with E-state index in [-0.39, 0.29) is 12.1 Å². The Labute approximate surface area is 114 Å². The van der Waals surface area contributed by atoms with Crippen molar-refractivity contribution in [2.24, 2.45) is 7.05 Å². The van der Waals surface area contributed by atoms with Gasteiger partial charge in [-0.25, -0.2) is 14.2 Å². The Morgan fingerprint density at radius 2 is 2.25 bits per heavy atom. The fourth-order valence-corrected chi connectivity index (χ4v) is 1.80. The van der Waals surface area contributed by atoms with Crippen LogP contribution in [0.15, 0.2) is 22.6 Å². The van der Waals surface area contributed by atoms with Crippen molar-refractivity contribution in [1.82, 2.24) is 24.8 Å². The third-order valence-corrected chi connectivity index (χ3v) is 2.96. The van der Waals surface area contributed by atoms with E-state index in [0.29, 0.717) is 23.0 Å². The fraction of sp³-hybridized carbons (Fsp3) is 0.417. The number of rotatable bonds is 4. The van der Waals surface area contributed by atoms with Crippen LogP contribution in [0.2, 0.25) is 0 Å². The maximum atomic E-state index is 12.1. The summed E-state index contributed by atoms with van der Waals surface area (Å²) in [6, 6.07) is 0. The molecular weight excluding hydrogens is 262 g/mol. The van der Waals surface area contributed by atoms with E-state index in [2.05, 4.69) is 20.1 Å². The normalized spacial score (nSPS) is 11.8. The number of carbonyl (C=O) groups is 1. The van der Waals surface area contributed by atoms with Crippen LogP contribution in [0.25, 0.3) is 11.0 Å². The number of methoxy groups -OCH3 is 1. The van der Waals surface area contributed by atoms with Crippen molar-refractivity contribution in [2.75, 3.05) is 7.11 Å². The topological polar surface area (TPSA) is 91.9 Å². The van der Waals surface area contributed by atoms with Crippen LogP contribution in [-0.2, 0) is 23.1 Å². The molecule has 8 nitrogen and oxygen atoms in total. The van der Waals surface area contributed by atoms with E-state index in [4.69, 9.17) is 0 Å². The molecule has 0 N–H and O–H groups in total. The number of aryl methyl sites for hydroxylation is 1. The number of fused-ring (bicyclic) bond motifs is 1. The van der Waals surface area contributed by atoms with Crippen molar-refractivity contribution in [3.05, 3.63) is 28.2 Å². The van der Waals surface area contributed by atoms with Crippen molar-refractivity contribution in [3.8, 4) is 0 Å². The summed E-state index contributed by atoms with van der Waals surface area (Å²) < 4.78 is 7.32. The Morgan fingerprint density at radius 1 is 1.50 bits per heavy atom. The zero-order chi connectivity index (χ0) is 14.7. The molecule has 0 aliphatic heterocycles. The molecule has 0 bridgehead atoms. The Hall–Kier alpha value is -2.51. The van der Waals surface area contributed by atoms with Gasteiger partial charge in [-0.1, -0.05) is 18.2 Å². The molecule has 2 heterocycles. The third kappa shape index (κ3) is 2.44. The van der Waals surface area contributed by atoms with Crippen molar-refractivity contribution < 1.29 is 9.53 Å². The van der Waals surface area contributed by atoms with Gasteiger partial charge in [-0.15, -0.1) is 5.10 Å². The van der Waals surface area contributed by atoms with Crippen molar-refractivity contribution in [1.29, 1.82) is 0 Å². The molecule has 0 fully saturated rings. The van der Waals surface area contributed by atoms with Crippen molar-refractivity contribution >= 4 is 17.0 Å². The number of hydrogen-bond acceptors (Lipinski definition) is 6. The number of hydrogen-bond donors (Lipinski definition) is 0. The fourth-order valence-electron chi connectivity index (χ4n) is 1.80. The Kier molecular flexibility index (Phi) is 3.92. The highest BCUT2D eigenvalue weighted by Crippen LogP contribution is 2.04. The molecule has 2 aromatic rings. The summed E-state index contributed by atoms with van der Waals surface area (Å²) in [5, 5.41) is 12.1. The molecule has 0 saturated carbocycles. The Bertz CT molecular complexity index is 728. The lowest BCUT2D eigenvalue weighted by Gasteiger charge is -2.03. The second-order valence-corrected chi connectivity index (χ2v) is 4.16. The molecule has 20 heavy (non-hydrogen) atoms. The first-order valence-electron chi connectivity index (χ1n) is 6.11. The van der Waals surface area contributed by atoms with E-state index in [1.165, 1.54) is 22.7 Å². The van der Waals surface area contributed by atoms with Gasteiger partial charge < -0.3 is 4.74 Å². The largest absolute Gasteiger partial charge is 0.466 e. The number of aromatic nitrogens is 5. The lowest BCUT2D eigenvalue weighted by Crippen LogP contribution is -2.24. The number of nitrogens with zero attached hydrogens (tertiary/aromatic N) is 5. The van der Waals surface area contributed by atoms with Gasteiger partial charge in [0.05, 0.1) is 19.9 Å². The van der Waals surface area contributed by atoms with Crippen LogP contribution < -0.4 is 5.56 Å². The van der Waals surface area contributed by atoms with Crippen LogP contribution in [0, 0.1) is 0 Å². The zero-order valence-corrected chi connectivity index (χ0v) is 11.5. The summed E-state index contributed by atoms with van der Waals surface area (Å²) in [5.74, 6) is -0.407. The van der Waals surface area contributed by atoms with Gasteiger partial charge in [0, 0.05) is 12.6 Å². The maximum absolute atomic E-state index is 12.1.